The van der Waals surface area contributed by atoms with Gasteiger partial charge in [-0.3, -0.25) is 19.8 Å². The molecule has 9 heteroatoms. The molecule has 0 aromatic heterocycles. The summed E-state index contributed by atoms with van der Waals surface area (Å²) in [5, 5.41) is 2.57. The first-order valence-corrected chi connectivity index (χ1v) is 9.31. The monoisotopic (exact) mass is 434 g/mol. The average molecular weight is 435 g/mol. The van der Waals surface area contributed by atoms with Gasteiger partial charge in [0.25, 0.3) is 11.8 Å². The van der Waals surface area contributed by atoms with Crippen molar-refractivity contribution in [3.63, 3.8) is 0 Å². The molecule has 2 amide bonds. The van der Waals surface area contributed by atoms with Crippen molar-refractivity contribution in [2.75, 3.05) is 18.6 Å². The predicted molar refractivity (Wildman–Crippen MR) is 112 cm³/mol. The normalized spacial score (nSPS) is 15.5. The molecule has 0 radical (unpaired) electrons. The molecule has 1 heterocycles. The minimum atomic E-state index is -0.687. The van der Waals surface area contributed by atoms with Gasteiger partial charge >= 0.3 is 0 Å². The van der Waals surface area contributed by atoms with Gasteiger partial charge in [0.2, 0.25) is 0 Å². The smallest absolute Gasteiger partial charge is 0.270 e. The van der Waals surface area contributed by atoms with E-state index in [0.717, 1.165) is 11.0 Å². The van der Waals surface area contributed by atoms with Crippen LogP contribution in [-0.2, 0) is 9.59 Å². The fourth-order valence-electron chi connectivity index (χ4n) is 2.78. The van der Waals surface area contributed by atoms with Gasteiger partial charge in [-0.25, -0.2) is 4.39 Å². The molecule has 0 saturated carbocycles. The summed E-state index contributed by atoms with van der Waals surface area (Å²) in [6.07, 6.45) is 1.36. The third-order valence-electron chi connectivity index (χ3n) is 4.02. The molecule has 1 aliphatic heterocycles. The van der Waals surface area contributed by atoms with Crippen LogP contribution in [-0.4, -0.2) is 30.6 Å². The van der Waals surface area contributed by atoms with Crippen molar-refractivity contribution >= 4 is 52.5 Å². The highest BCUT2D eigenvalue weighted by atomic mass is 35.5. The molecule has 0 bridgehead atoms. The molecular weight excluding hydrogens is 419 g/mol. The quantitative estimate of drug-likeness (QED) is 0.441. The van der Waals surface area contributed by atoms with E-state index in [1.807, 2.05) is 0 Å². The molecule has 1 saturated heterocycles. The molecule has 2 aromatic rings. The fourth-order valence-corrected chi connectivity index (χ4v) is 3.34. The maximum absolute atomic E-state index is 13.6. The fraction of sp³-hybridized carbons (Fsp3) is 0.150. The Morgan fingerprint density at radius 1 is 1.28 bits per heavy atom. The summed E-state index contributed by atoms with van der Waals surface area (Å²) in [6, 6.07) is 8.48. The Bertz CT molecular complexity index is 1040. The van der Waals surface area contributed by atoms with Crippen LogP contribution in [0.4, 0.5) is 10.1 Å². The molecular formula is C20H16ClFN2O4S. The lowest BCUT2D eigenvalue weighted by Crippen LogP contribution is -2.54. The molecule has 1 fully saturated rings. The number of benzene rings is 2. The van der Waals surface area contributed by atoms with Crippen LogP contribution < -0.4 is 19.7 Å². The second-order valence-corrected chi connectivity index (χ2v) is 6.70. The van der Waals surface area contributed by atoms with Crippen LogP contribution in [0.15, 0.2) is 42.0 Å². The molecule has 150 valence electrons. The number of hydrogen-bond donors (Lipinski definition) is 1. The predicted octanol–water partition coefficient (Wildman–Crippen LogP) is 3.72. The lowest BCUT2D eigenvalue weighted by molar-refractivity contribution is -0.122. The van der Waals surface area contributed by atoms with Crippen molar-refractivity contribution in [2.45, 2.75) is 6.92 Å². The number of methoxy groups -OCH3 is 1. The summed E-state index contributed by atoms with van der Waals surface area (Å²) in [5.41, 5.74) is 0.458. The van der Waals surface area contributed by atoms with E-state index in [-0.39, 0.29) is 21.4 Å². The molecule has 0 unspecified atom stereocenters. The number of nitrogens with zero attached hydrogens (tertiary/aromatic N) is 1. The van der Waals surface area contributed by atoms with Crippen LogP contribution in [0.5, 0.6) is 11.5 Å². The lowest BCUT2D eigenvalue weighted by Gasteiger charge is -2.29. The van der Waals surface area contributed by atoms with E-state index in [2.05, 4.69) is 5.32 Å². The maximum atomic E-state index is 13.6. The molecule has 2 aromatic carbocycles. The average Bonchev–Trinajstić information content (AvgIpc) is 2.67. The first-order valence-electron chi connectivity index (χ1n) is 8.53. The Morgan fingerprint density at radius 3 is 2.69 bits per heavy atom. The van der Waals surface area contributed by atoms with E-state index in [9.17, 15) is 14.0 Å². The highest BCUT2D eigenvalue weighted by Gasteiger charge is 2.34. The number of hydrogen-bond acceptors (Lipinski definition) is 5. The van der Waals surface area contributed by atoms with Crippen molar-refractivity contribution in [1.82, 2.24) is 5.32 Å². The van der Waals surface area contributed by atoms with Gasteiger partial charge in [-0.2, -0.15) is 0 Å². The standard InChI is InChI=1S/C20H16ClFN2O4S/c1-3-28-17-15(21)8-11(9-16(17)27-2)7-14-18(25)23-20(29)24(19(14)26)13-6-4-5-12(22)10-13/h4-10H,3H2,1-2H3,(H,23,25,29)/b14-7+. The Balaban J connectivity index is 2.04. The van der Waals surface area contributed by atoms with Crippen LogP contribution in [0.1, 0.15) is 12.5 Å². The summed E-state index contributed by atoms with van der Waals surface area (Å²) in [6.45, 7) is 2.19. The largest absolute Gasteiger partial charge is 0.493 e. The van der Waals surface area contributed by atoms with Gasteiger partial charge in [-0.05, 0) is 61.1 Å². The van der Waals surface area contributed by atoms with Gasteiger partial charge in [0, 0.05) is 0 Å². The SMILES string of the molecule is CCOc1c(Cl)cc(/C=C2\C(=O)NC(=S)N(c3cccc(F)c3)C2=O)cc1OC. The number of carbonyl (C=O) groups is 2. The van der Waals surface area contributed by atoms with Gasteiger partial charge in [0.05, 0.1) is 24.4 Å². The number of ether oxygens (including phenoxy) is 2. The van der Waals surface area contributed by atoms with Crippen molar-refractivity contribution in [3.8, 4) is 11.5 Å². The van der Waals surface area contributed by atoms with E-state index >= 15 is 0 Å². The van der Waals surface area contributed by atoms with Crippen LogP contribution in [0, 0.1) is 5.82 Å². The molecule has 1 N–H and O–H groups in total. The molecule has 0 atom stereocenters. The maximum Gasteiger partial charge on any atom is 0.270 e. The number of amides is 2. The number of rotatable bonds is 5. The Morgan fingerprint density at radius 2 is 2.03 bits per heavy atom. The molecule has 1 aliphatic rings. The lowest BCUT2D eigenvalue weighted by atomic mass is 10.1. The molecule has 29 heavy (non-hydrogen) atoms. The summed E-state index contributed by atoms with van der Waals surface area (Å²) >= 11 is 11.4. The molecule has 0 aliphatic carbocycles. The summed E-state index contributed by atoms with van der Waals surface area (Å²) < 4.78 is 24.3. The Labute approximate surface area is 176 Å². The minimum absolute atomic E-state index is 0.134. The minimum Gasteiger partial charge on any atom is -0.493 e. The Hall–Kier alpha value is -2.97. The topological polar surface area (TPSA) is 67.9 Å². The zero-order chi connectivity index (χ0) is 21.1. The van der Waals surface area contributed by atoms with Crippen molar-refractivity contribution in [3.05, 3.63) is 58.4 Å². The highest BCUT2D eigenvalue weighted by Crippen LogP contribution is 2.37. The second kappa shape index (κ2) is 8.59. The van der Waals surface area contributed by atoms with Gasteiger partial charge in [0.15, 0.2) is 16.6 Å². The highest BCUT2D eigenvalue weighted by molar-refractivity contribution is 7.80. The van der Waals surface area contributed by atoms with Crippen molar-refractivity contribution < 1.29 is 23.5 Å². The molecule has 6 nitrogen and oxygen atoms in total. The van der Waals surface area contributed by atoms with Gasteiger partial charge in [-0.15, -0.1) is 0 Å². The van der Waals surface area contributed by atoms with E-state index in [1.54, 1.807) is 19.1 Å². The van der Waals surface area contributed by atoms with E-state index in [1.165, 1.54) is 31.4 Å². The number of nitrogens with one attached hydrogen (secondary N) is 1. The van der Waals surface area contributed by atoms with Gasteiger partial charge in [0.1, 0.15) is 11.4 Å². The zero-order valence-electron chi connectivity index (χ0n) is 15.5. The summed E-state index contributed by atoms with van der Waals surface area (Å²) in [4.78, 5) is 26.4. The Kier molecular flexibility index (Phi) is 6.14. The van der Waals surface area contributed by atoms with Crippen LogP contribution >= 0.6 is 23.8 Å². The van der Waals surface area contributed by atoms with Crippen LogP contribution in [0.25, 0.3) is 6.08 Å². The van der Waals surface area contributed by atoms with Crippen molar-refractivity contribution in [1.29, 1.82) is 0 Å². The third kappa shape index (κ3) is 4.23. The number of carbonyl (C=O) groups excluding carboxylic acids is 2. The third-order valence-corrected chi connectivity index (χ3v) is 4.58. The van der Waals surface area contributed by atoms with E-state index in [4.69, 9.17) is 33.3 Å². The molecule has 0 spiro atoms. The summed E-state index contributed by atoms with van der Waals surface area (Å²) in [7, 11) is 1.45. The van der Waals surface area contributed by atoms with Crippen LogP contribution in [0.3, 0.4) is 0 Å². The van der Waals surface area contributed by atoms with E-state index < -0.39 is 17.6 Å². The van der Waals surface area contributed by atoms with Crippen molar-refractivity contribution in [2.24, 2.45) is 0 Å². The second-order valence-electron chi connectivity index (χ2n) is 5.90. The first kappa shape index (κ1) is 20.8. The first-order chi connectivity index (χ1) is 13.8. The van der Waals surface area contributed by atoms with E-state index in [0.29, 0.717) is 23.7 Å². The molecule has 3 rings (SSSR count). The van der Waals surface area contributed by atoms with Gasteiger partial charge < -0.3 is 9.47 Å². The summed E-state index contributed by atoms with van der Waals surface area (Å²) in [5.74, 6) is -1.18. The number of halogens is 2. The zero-order valence-corrected chi connectivity index (χ0v) is 17.1. The van der Waals surface area contributed by atoms with Crippen LogP contribution in [0.2, 0.25) is 5.02 Å². The number of anilines is 1. The number of thiocarbonyl (C=S) groups is 1. The van der Waals surface area contributed by atoms with Gasteiger partial charge in [-0.1, -0.05) is 17.7 Å².